The van der Waals surface area contributed by atoms with Gasteiger partial charge in [-0.05, 0) is 24.3 Å². The number of aliphatic carboxylic acids is 1. The number of alkyl carbamates (subject to hydrolysis) is 1. The van der Waals surface area contributed by atoms with E-state index in [4.69, 9.17) is 14.2 Å². The number of benzene rings is 1. The molecule has 7 nitrogen and oxygen atoms in total. The summed E-state index contributed by atoms with van der Waals surface area (Å²) in [6, 6.07) is 8.27. The quantitative estimate of drug-likeness (QED) is 0.847. The Morgan fingerprint density at radius 1 is 1.20 bits per heavy atom. The van der Waals surface area contributed by atoms with Crippen LogP contribution in [0.2, 0.25) is 0 Å². The molecule has 2 aliphatic rings. The molecule has 0 bridgehead atoms. The summed E-state index contributed by atoms with van der Waals surface area (Å²) >= 11 is 0. The van der Waals surface area contributed by atoms with Crippen molar-refractivity contribution in [2.24, 2.45) is 5.92 Å². The van der Waals surface area contributed by atoms with E-state index in [1.165, 1.54) is 0 Å². The van der Waals surface area contributed by atoms with E-state index in [2.05, 4.69) is 5.32 Å². The van der Waals surface area contributed by atoms with E-state index in [1.807, 2.05) is 30.3 Å². The number of carbonyl (C=O) groups is 2. The average molecular weight is 349 g/mol. The van der Waals surface area contributed by atoms with Crippen LogP contribution in [0.3, 0.4) is 0 Å². The van der Waals surface area contributed by atoms with Gasteiger partial charge in [0.25, 0.3) is 0 Å². The first-order valence-corrected chi connectivity index (χ1v) is 8.56. The van der Waals surface area contributed by atoms with Crippen LogP contribution in [0.5, 0.6) is 0 Å². The lowest BCUT2D eigenvalue weighted by Gasteiger charge is -2.37. The molecule has 1 saturated heterocycles. The van der Waals surface area contributed by atoms with Gasteiger partial charge in [-0.2, -0.15) is 0 Å². The van der Waals surface area contributed by atoms with Gasteiger partial charge < -0.3 is 24.6 Å². The second kappa shape index (κ2) is 7.84. The molecule has 25 heavy (non-hydrogen) atoms. The van der Waals surface area contributed by atoms with Crippen molar-refractivity contribution in [1.82, 2.24) is 5.32 Å². The molecular formula is C18H23NO6. The Kier molecular flexibility index (Phi) is 5.55. The Bertz CT molecular complexity index is 589. The SMILES string of the molecule is O=C(NC(C(=O)O)C1CCC2(CC1)OCCO2)OCc1ccccc1. The van der Waals surface area contributed by atoms with Crippen LogP contribution in [0, 0.1) is 5.92 Å². The summed E-state index contributed by atoms with van der Waals surface area (Å²) in [5.41, 5.74) is 0.847. The lowest BCUT2D eigenvalue weighted by atomic mass is 9.80. The van der Waals surface area contributed by atoms with Crippen LogP contribution < -0.4 is 5.32 Å². The van der Waals surface area contributed by atoms with E-state index in [1.54, 1.807) is 0 Å². The molecule has 1 spiro atoms. The first kappa shape index (κ1) is 17.7. The van der Waals surface area contributed by atoms with Crippen LogP contribution in [0.25, 0.3) is 0 Å². The molecule has 2 N–H and O–H groups in total. The molecule has 3 rings (SSSR count). The zero-order valence-corrected chi connectivity index (χ0v) is 14.0. The third-order valence-corrected chi connectivity index (χ3v) is 4.83. The van der Waals surface area contributed by atoms with Crippen LogP contribution in [0.4, 0.5) is 4.79 Å². The van der Waals surface area contributed by atoms with Gasteiger partial charge in [0.1, 0.15) is 12.6 Å². The van der Waals surface area contributed by atoms with Crippen LogP contribution in [-0.4, -0.2) is 42.2 Å². The van der Waals surface area contributed by atoms with E-state index in [0.29, 0.717) is 38.9 Å². The van der Waals surface area contributed by atoms with Crippen molar-refractivity contribution in [2.75, 3.05) is 13.2 Å². The van der Waals surface area contributed by atoms with Crippen LogP contribution in [0.15, 0.2) is 30.3 Å². The maximum Gasteiger partial charge on any atom is 0.408 e. The Balaban J connectivity index is 1.51. The van der Waals surface area contributed by atoms with Crippen molar-refractivity contribution in [3.05, 3.63) is 35.9 Å². The van der Waals surface area contributed by atoms with E-state index < -0.39 is 23.9 Å². The van der Waals surface area contributed by atoms with Gasteiger partial charge in [-0.15, -0.1) is 0 Å². The molecule has 0 radical (unpaired) electrons. The highest BCUT2D eigenvalue weighted by atomic mass is 16.7. The summed E-state index contributed by atoms with van der Waals surface area (Å²) in [4.78, 5) is 23.6. The van der Waals surface area contributed by atoms with Crippen molar-refractivity contribution < 1.29 is 28.9 Å². The number of carboxylic acid groups (broad SMARTS) is 1. The number of nitrogens with one attached hydrogen (secondary N) is 1. The molecule has 136 valence electrons. The number of hydrogen-bond acceptors (Lipinski definition) is 5. The zero-order valence-electron chi connectivity index (χ0n) is 14.0. The van der Waals surface area contributed by atoms with Gasteiger partial charge in [-0.25, -0.2) is 9.59 Å². The third-order valence-electron chi connectivity index (χ3n) is 4.83. The molecule has 1 atom stereocenters. The summed E-state index contributed by atoms with van der Waals surface area (Å²) in [6.07, 6.45) is 1.81. The van der Waals surface area contributed by atoms with Gasteiger partial charge in [0.05, 0.1) is 13.2 Å². The topological polar surface area (TPSA) is 94.1 Å². The van der Waals surface area contributed by atoms with Gasteiger partial charge in [0, 0.05) is 12.8 Å². The van der Waals surface area contributed by atoms with Crippen LogP contribution in [0.1, 0.15) is 31.2 Å². The Labute approximate surface area is 146 Å². The van der Waals surface area contributed by atoms with Gasteiger partial charge in [-0.3, -0.25) is 0 Å². The first-order valence-electron chi connectivity index (χ1n) is 8.56. The Morgan fingerprint density at radius 2 is 1.84 bits per heavy atom. The predicted molar refractivity (Wildman–Crippen MR) is 87.8 cm³/mol. The minimum Gasteiger partial charge on any atom is -0.480 e. The second-order valence-corrected chi connectivity index (χ2v) is 6.47. The highest BCUT2D eigenvalue weighted by Crippen LogP contribution is 2.39. The molecule has 1 amide bonds. The molecule has 1 aromatic rings. The molecule has 1 saturated carbocycles. The minimum absolute atomic E-state index is 0.106. The second-order valence-electron chi connectivity index (χ2n) is 6.47. The zero-order chi connectivity index (χ0) is 17.7. The molecule has 7 heteroatoms. The van der Waals surface area contributed by atoms with E-state index in [9.17, 15) is 14.7 Å². The summed E-state index contributed by atoms with van der Waals surface area (Å²) in [5.74, 6) is -1.76. The number of rotatable bonds is 5. The maximum absolute atomic E-state index is 12.0. The van der Waals surface area contributed by atoms with Gasteiger partial charge in [0.15, 0.2) is 5.79 Å². The number of ether oxygens (including phenoxy) is 3. The van der Waals surface area contributed by atoms with Crippen LogP contribution in [-0.2, 0) is 25.6 Å². The summed E-state index contributed by atoms with van der Waals surface area (Å²) in [7, 11) is 0. The maximum atomic E-state index is 12.0. The average Bonchev–Trinajstić information content (AvgIpc) is 3.08. The monoisotopic (exact) mass is 349 g/mol. The van der Waals surface area contributed by atoms with E-state index in [0.717, 1.165) is 5.56 Å². The van der Waals surface area contributed by atoms with Crippen molar-refractivity contribution in [2.45, 2.75) is 44.1 Å². The standard InChI is InChI=1S/C18H23NO6/c20-16(21)15(14-6-8-18(9-7-14)24-10-11-25-18)19-17(22)23-12-13-4-2-1-3-5-13/h1-5,14-15H,6-12H2,(H,19,22)(H,20,21). The Morgan fingerprint density at radius 3 is 2.44 bits per heavy atom. The fourth-order valence-corrected chi connectivity index (χ4v) is 3.47. The highest BCUT2D eigenvalue weighted by Gasteiger charge is 2.43. The minimum atomic E-state index is -1.05. The van der Waals surface area contributed by atoms with Crippen LogP contribution >= 0.6 is 0 Å². The summed E-state index contributed by atoms with van der Waals surface area (Å²) in [6.45, 7) is 1.27. The molecule has 1 aliphatic heterocycles. The number of hydrogen-bond donors (Lipinski definition) is 2. The normalized spacial score (nSPS) is 21.0. The van der Waals surface area contributed by atoms with Gasteiger partial charge in [-0.1, -0.05) is 30.3 Å². The fourth-order valence-electron chi connectivity index (χ4n) is 3.47. The van der Waals surface area contributed by atoms with Gasteiger partial charge in [0.2, 0.25) is 0 Å². The number of carboxylic acids is 1. The predicted octanol–water partition coefficient (Wildman–Crippen LogP) is 2.30. The van der Waals surface area contributed by atoms with Crippen molar-refractivity contribution in [3.63, 3.8) is 0 Å². The van der Waals surface area contributed by atoms with Crippen molar-refractivity contribution >= 4 is 12.1 Å². The summed E-state index contributed by atoms with van der Waals surface area (Å²) in [5, 5.41) is 12.0. The van der Waals surface area contributed by atoms with E-state index >= 15 is 0 Å². The number of amides is 1. The molecule has 1 unspecified atom stereocenters. The third kappa shape index (κ3) is 4.49. The molecule has 0 aromatic heterocycles. The fraction of sp³-hybridized carbons (Fsp3) is 0.556. The smallest absolute Gasteiger partial charge is 0.408 e. The highest BCUT2D eigenvalue weighted by molar-refractivity contribution is 5.80. The Hall–Kier alpha value is -2.12. The van der Waals surface area contributed by atoms with Crippen molar-refractivity contribution in [3.8, 4) is 0 Å². The van der Waals surface area contributed by atoms with Crippen molar-refractivity contribution in [1.29, 1.82) is 0 Å². The molecular weight excluding hydrogens is 326 g/mol. The lowest BCUT2D eigenvalue weighted by Crippen LogP contribution is -2.49. The summed E-state index contributed by atoms with van der Waals surface area (Å²) < 4.78 is 16.4. The lowest BCUT2D eigenvalue weighted by molar-refractivity contribution is -0.185. The molecule has 2 fully saturated rings. The number of carbonyl (C=O) groups excluding carboxylic acids is 1. The van der Waals surface area contributed by atoms with Gasteiger partial charge >= 0.3 is 12.1 Å². The van der Waals surface area contributed by atoms with E-state index in [-0.39, 0.29) is 12.5 Å². The largest absolute Gasteiger partial charge is 0.480 e. The molecule has 1 heterocycles. The molecule has 1 aromatic carbocycles. The first-order chi connectivity index (χ1) is 12.1. The molecule has 1 aliphatic carbocycles.